The van der Waals surface area contributed by atoms with Crippen LogP contribution < -0.4 is 5.32 Å². The Morgan fingerprint density at radius 2 is 2.08 bits per heavy atom. The molecule has 3 aromatic rings. The van der Waals surface area contributed by atoms with E-state index in [4.69, 9.17) is 27.7 Å². The quantitative estimate of drug-likeness (QED) is 0.627. The van der Waals surface area contributed by atoms with Crippen molar-refractivity contribution >= 4 is 29.1 Å². The van der Waals surface area contributed by atoms with Crippen LogP contribution in [0.2, 0.25) is 10.2 Å². The number of aliphatic hydroxyl groups is 1. The summed E-state index contributed by atoms with van der Waals surface area (Å²) in [5.41, 5.74) is 0.647. The number of hydrogen-bond donors (Lipinski definition) is 3. The Balaban J connectivity index is 1.77. The maximum Gasteiger partial charge on any atom is 0.251 e. The summed E-state index contributed by atoms with van der Waals surface area (Å²) in [6, 6.07) is 5.55. The van der Waals surface area contributed by atoms with Gasteiger partial charge in [-0.2, -0.15) is 4.98 Å². The topological polar surface area (TPSA) is 104 Å². The zero-order chi connectivity index (χ0) is 18.0. The van der Waals surface area contributed by atoms with Gasteiger partial charge in [0, 0.05) is 5.56 Å². The van der Waals surface area contributed by atoms with Crippen molar-refractivity contribution in [2.75, 3.05) is 6.61 Å². The van der Waals surface area contributed by atoms with E-state index in [1.165, 1.54) is 18.2 Å². The number of aromatic amines is 1. The van der Waals surface area contributed by atoms with Gasteiger partial charge in [0.2, 0.25) is 5.82 Å². The molecule has 0 radical (unpaired) electrons. The highest BCUT2D eigenvalue weighted by molar-refractivity contribution is 6.41. The summed E-state index contributed by atoms with van der Waals surface area (Å²) in [5, 5.41) is 16.3. The van der Waals surface area contributed by atoms with Crippen LogP contribution in [0.4, 0.5) is 4.39 Å². The molecule has 0 aliphatic heterocycles. The zero-order valence-electron chi connectivity index (χ0n) is 12.5. The van der Waals surface area contributed by atoms with Crippen molar-refractivity contribution in [3.63, 3.8) is 0 Å². The van der Waals surface area contributed by atoms with E-state index >= 15 is 0 Å². The van der Waals surface area contributed by atoms with Gasteiger partial charge in [-0.05, 0) is 30.3 Å². The minimum atomic E-state index is -0.931. The van der Waals surface area contributed by atoms with E-state index in [0.717, 1.165) is 12.1 Å². The van der Waals surface area contributed by atoms with Crippen LogP contribution in [0.1, 0.15) is 22.3 Å². The summed E-state index contributed by atoms with van der Waals surface area (Å²) in [7, 11) is 0. The first-order valence-corrected chi connectivity index (χ1v) is 7.79. The third-order valence-electron chi connectivity index (χ3n) is 3.30. The van der Waals surface area contributed by atoms with E-state index in [-0.39, 0.29) is 22.4 Å². The minimum Gasteiger partial charge on any atom is -0.394 e. The van der Waals surface area contributed by atoms with E-state index in [2.05, 4.69) is 20.4 Å². The molecule has 2 aromatic heterocycles. The molecule has 0 saturated heterocycles. The van der Waals surface area contributed by atoms with Gasteiger partial charge in [0.25, 0.3) is 11.8 Å². The summed E-state index contributed by atoms with van der Waals surface area (Å²) in [4.78, 5) is 19.0. The van der Waals surface area contributed by atoms with Crippen LogP contribution in [0.5, 0.6) is 0 Å². The fourth-order valence-electron chi connectivity index (χ4n) is 2.04. The number of nitrogens with zero attached hydrogens (tertiary/aromatic N) is 2. The third-order valence-corrected chi connectivity index (χ3v) is 3.99. The van der Waals surface area contributed by atoms with Crippen molar-refractivity contribution in [1.29, 1.82) is 0 Å². The number of H-pyrrole nitrogens is 1. The van der Waals surface area contributed by atoms with Gasteiger partial charge < -0.3 is 19.9 Å². The summed E-state index contributed by atoms with van der Waals surface area (Å²) in [5.74, 6) is -0.821. The number of carbonyl (C=O) groups excluding carboxylic acids is 1. The summed E-state index contributed by atoms with van der Waals surface area (Å²) in [6.07, 6.45) is 0. The number of carbonyl (C=O) groups is 1. The zero-order valence-corrected chi connectivity index (χ0v) is 14.0. The first kappa shape index (κ1) is 17.4. The van der Waals surface area contributed by atoms with Gasteiger partial charge in [0.1, 0.15) is 17.0 Å². The molecule has 2 heterocycles. The van der Waals surface area contributed by atoms with Crippen molar-refractivity contribution < 1.29 is 18.8 Å². The Morgan fingerprint density at radius 3 is 2.68 bits per heavy atom. The first-order valence-electron chi connectivity index (χ1n) is 7.03. The molecule has 0 aliphatic carbocycles. The van der Waals surface area contributed by atoms with Crippen LogP contribution in [0.25, 0.3) is 11.5 Å². The summed E-state index contributed by atoms with van der Waals surface area (Å²) >= 11 is 11.7. The largest absolute Gasteiger partial charge is 0.394 e. The van der Waals surface area contributed by atoms with Crippen LogP contribution >= 0.6 is 23.2 Å². The Bertz CT molecular complexity index is 875. The highest BCUT2D eigenvalue weighted by Crippen LogP contribution is 2.27. The number of benzene rings is 1. The Morgan fingerprint density at radius 1 is 1.36 bits per heavy atom. The predicted octanol–water partition coefficient (Wildman–Crippen LogP) is 2.97. The van der Waals surface area contributed by atoms with Crippen molar-refractivity contribution in [1.82, 2.24) is 20.4 Å². The van der Waals surface area contributed by atoms with Gasteiger partial charge in [0.15, 0.2) is 0 Å². The SMILES string of the molecule is O=C(NC(CO)c1nc(-c2cc(Cl)c(Cl)[nH]2)no1)c1ccc(F)cc1. The lowest BCUT2D eigenvalue weighted by molar-refractivity contribution is 0.0901. The molecule has 0 saturated carbocycles. The van der Waals surface area contributed by atoms with Gasteiger partial charge >= 0.3 is 0 Å². The molecule has 0 spiro atoms. The van der Waals surface area contributed by atoms with Crippen LogP contribution in [-0.2, 0) is 0 Å². The lowest BCUT2D eigenvalue weighted by Gasteiger charge is -2.12. The molecule has 7 nitrogen and oxygen atoms in total. The van der Waals surface area contributed by atoms with Gasteiger partial charge in [-0.1, -0.05) is 28.4 Å². The van der Waals surface area contributed by atoms with Crippen molar-refractivity contribution in [2.45, 2.75) is 6.04 Å². The second-order valence-corrected chi connectivity index (χ2v) is 5.80. The lowest BCUT2D eigenvalue weighted by atomic mass is 10.2. The molecule has 25 heavy (non-hydrogen) atoms. The van der Waals surface area contributed by atoms with Crippen LogP contribution in [0, 0.1) is 5.82 Å². The van der Waals surface area contributed by atoms with E-state index in [1.54, 1.807) is 0 Å². The van der Waals surface area contributed by atoms with E-state index in [9.17, 15) is 14.3 Å². The molecule has 1 amide bonds. The van der Waals surface area contributed by atoms with Crippen molar-refractivity contribution in [3.05, 3.63) is 57.8 Å². The summed E-state index contributed by atoms with van der Waals surface area (Å²) < 4.78 is 18.0. The third kappa shape index (κ3) is 3.81. The standard InChI is InChI=1S/C15H11Cl2FN4O3/c16-9-5-10(19-12(9)17)13-21-15(25-22-13)11(6-23)20-14(24)7-1-3-8(18)4-2-7/h1-5,11,19,23H,6H2,(H,20,24). The molecule has 0 bridgehead atoms. The Hall–Kier alpha value is -2.42. The Labute approximate surface area is 150 Å². The Kier molecular flexibility index (Phi) is 5.03. The molecular formula is C15H11Cl2FN4O3. The van der Waals surface area contributed by atoms with E-state index < -0.39 is 24.4 Å². The number of nitrogens with one attached hydrogen (secondary N) is 2. The minimum absolute atomic E-state index is 0.00481. The summed E-state index contributed by atoms with van der Waals surface area (Å²) in [6.45, 7) is -0.471. The lowest BCUT2D eigenvalue weighted by Crippen LogP contribution is -2.31. The number of rotatable bonds is 5. The fraction of sp³-hybridized carbons (Fsp3) is 0.133. The van der Waals surface area contributed by atoms with Crippen molar-refractivity contribution in [2.24, 2.45) is 0 Å². The molecule has 3 N–H and O–H groups in total. The van der Waals surface area contributed by atoms with Crippen LogP contribution in [-0.4, -0.2) is 32.7 Å². The molecule has 1 unspecified atom stereocenters. The van der Waals surface area contributed by atoms with Gasteiger partial charge in [-0.25, -0.2) is 4.39 Å². The molecular weight excluding hydrogens is 374 g/mol. The molecule has 0 fully saturated rings. The van der Waals surface area contributed by atoms with E-state index in [0.29, 0.717) is 10.7 Å². The molecule has 10 heteroatoms. The molecule has 130 valence electrons. The highest BCUT2D eigenvalue weighted by atomic mass is 35.5. The second-order valence-electron chi connectivity index (χ2n) is 5.02. The predicted molar refractivity (Wildman–Crippen MR) is 87.8 cm³/mol. The number of aromatic nitrogens is 3. The van der Waals surface area contributed by atoms with Gasteiger partial charge in [0.05, 0.1) is 17.3 Å². The smallest absolute Gasteiger partial charge is 0.251 e. The second kappa shape index (κ2) is 7.22. The highest BCUT2D eigenvalue weighted by Gasteiger charge is 2.22. The van der Waals surface area contributed by atoms with Gasteiger partial charge in [-0.15, -0.1) is 0 Å². The molecule has 3 rings (SSSR count). The monoisotopic (exact) mass is 384 g/mol. The first-order chi connectivity index (χ1) is 12.0. The number of hydrogen-bond acceptors (Lipinski definition) is 5. The molecule has 1 aromatic carbocycles. The van der Waals surface area contributed by atoms with Crippen LogP contribution in [0.15, 0.2) is 34.9 Å². The number of amides is 1. The molecule has 0 aliphatic rings. The maximum absolute atomic E-state index is 12.9. The number of aliphatic hydroxyl groups excluding tert-OH is 1. The average Bonchev–Trinajstić information content (AvgIpc) is 3.20. The van der Waals surface area contributed by atoms with Crippen LogP contribution in [0.3, 0.4) is 0 Å². The van der Waals surface area contributed by atoms with Crippen molar-refractivity contribution in [3.8, 4) is 11.5 Å². The normalized spacial score (nSPS) is 12.2. The van der Waals surface area contributed by atoms with Gasteiger partial charge in [-0.3, -0.25) is 4.79 Å². The number of halogens is 3. The fourth-order valence-corrected chi connectivity index (χ4v) is 2.35. The van der Waals surface area contributed by atoms with E-state index in [1.807, 2.05) is 0 Å². The maximum atomic E-state index is 12.9. The average molecular weight is 385 g/mol. The molecule has 1 atom stereocenters.